The van der Waals surface area contributed by atoms with E-state index in [9.17, 15) is 4.57 Å². The number of ether oxygens (including phenoxy) is 2. The first kappa shape index (κ1) is 32.6. The maximum atomic E-state index is 11.0. The van der Waals surface area contributed by atoms with Crippen LogP contribution in [0, 0.1) is 11.3 Å². The highest BCUT2D eigenvalue weighted by Gasteiger charge is 2.36. The Labute approximate surface area is 216 Å². The van der Waals surface area contributed by atoms with Gasteiger partial charge in [-0.15, -0.1) is 0 Å². The molecule has 0 heterocycles. The molecule has 2 N–H and O–H groups in total. The third-order valence-electron chi connectivity index (χ3n) is 7.35. The maximum absolute atomic E-state index is 11.0. The van der Waals surface area contributed by atoms with Gasteiger partial charge in [0.2, 0.25) is 0 Å². The Hall–Kier alpha value is -0.450. The molecule has 0 aliphatic heterocycles. The van der Waals surface area contributed by atoms with E-state index in [2.05, 4.69) is 45.1 Å². The van der Waals surface area contributed by atoms with Gasteiger partial charge in [-0.05, 0) is 24.7 Å². The number of hydrogen-bond donors (Lipinski definition) is 2. The normalized spacial score (nSPS) is 21.0. The van der Waals surface area contributed by atoms with Crippen LogP contribution in [0.3, 0.4) is 0 Å². The molecule has 1 aliphatic rings. The summed E-state index contributed by atoms with van der Waals surface area (Å²) in [5, 5.41) is 0. The van der Waals surface area contributed by atoms with Gasteiger partial charge in [-0.1, -0.05) is 129 Å². The summed E-state index contributed by atoms with van der Waals surface area (Å²) in [4.78, 5) is 18.0. The Kier molecular flexibility index (Phi) is 18.3. The molecule has 206 valence electrons. The summed E-state index contributed by atoms with van der Waals surface area (Å²) in [6, 6.07) is 0. The molecule has 0 bridgehead atoms. The molecule has 0 radical (unpaired) electrons. The molecule has 3 atom stereocenters. The van der Waals surface area contributed by atoms with Crippen molar-refractivity contribution in [1.82, 2.24) is 0 Å². The van der Waals surface area contributed by atoms with Crippen molar-refractivity contribution >= 4 is 7.60 Å². The van der Waals surface area contributed by atoms with Crippen LogP contribution in [0.1, 0.15) is 124 Å². The molecular weight excluding hydrogens is 459 g/mol. The lowest BCUT2D eigenvalue weighted by atomic mass is 9.69. The van der Waals surface area contributed by atoms with Crippen LogP contribution in [0.15, 0.2) is 24.3 Å². The second-order valence-electron chi connectivity index (χ2n) is 10.6. The van der Waals surface area contributed by atoms with E-state index in [-0.39, 0.29) is 17.4 Å². The van der Waals surface area contributed by atoms with Gasteiger partial charge in [0.1, 0.15) is 6.35 Å². The zero-order valence-corrected chi connectivity index (χ0v) is 23.9. The second-order valence-corrected chi connectivity index (χ2v) is 12.2. The maximum Gasteiger partial charge on any atom is 0.350 e. The second kappa shape index (κ2) is 19.6. The molecule has 0 amide bonds. The van der Waals surface area contributed by atoms with Gasteiger partial charge in [0, 0.05) is 19.1 Å². The first-order valence-electron chi connectivity index (χ1n) is 14.4. The van der Waals surface area contributed by atoms with Crippen molar-refractivity contribution in [2.45, 2.75) is 130 Å². The SMILES string of the molecule is CCCCCCCCCCCCCCCCOC(CC)C1C=CC=CC1(C)CCOCP(=O)(O)O. The lowest BCUT2D eigenvalue weighted by molar-refractivity contribution is -0.0150. The molecule has 1 rings (SSSR count). The highest BCUT2D eigenvalue weighted by atomic mass is 31.2. The number of hydrogen-bond acceptors (Lipinski definition) is 3. The molecule has 0 aromatic rings. The van der Waals surface area contributed by atoms with E-state index in [4.69, 9.17) is 19.3 Å². The third-order valence-corrected chi connectivity index (χ3v) is 7.86. The molecule has 1 aliphatic carbocycles. The lowest BCUT2D eigenvalue weighted by Gasteiger charge is -2.40. The average molecular weight is 515 g/mol. The van der Waals surface area contributed by atoms with E-state index < -0.39 is 13.9 Å². The molecule has 6 heteroatoms. The van der Waals surface area contributed by atoms with Crippen LogP contribution in [-0.4, -0.2) is 35.5 Å². The van der Waals surface area contributed by atoms with E-state index in [0.717, 1.165) is 19.4 Å². The van der Waals surface area contributed by atoms with E-state index in [1.165, 1.54) is 83.5 Å². The smallest absolute Gasteiger partial charge is 0.350 e. The van der Waals surface area contributed by atoms with Gasteiger partial charge in [-0.25, -0.2) is 0 Å². The van der Waals surface area contributed by atoms with Gasteiger partial charge in [-0.2, -0.15) is 0 Å². The fourth-order valence-electron chi connectivity index (χ4n) is 5.07. The summed E-state index contributed by atoms with van der Waals surface area (Å²) in [7, 11) is -4.12. The molecule has 3 unspecified atom stereocenters. The average Bonchev–Trinajstić information content (AvgIpc) is 2.82. The molecule has 0 saturated carbocycles. The summed E-state index contributed by atoms with van der Waals surface area (Å²) in [6.45, 7) is 7.77. The van der Waals surface area contributed by atoms with Gasteiger partial charge in [0.25, 0.3) is 0 Å². The summed E-state index contributed by atoms with van der Waals surface area (Å²) >= 11 is 0. The molecule has 0 fully saturated rings. The van der Waals surface area contributed by atoms with E-state index in [1.807, 2.05) is 0 Å². The summed E-state index contributed by atoms with van der Waals surface area (Å²) in [6.07, 6.45) is 28.8. The monoisotopic (exact) mass is 514 g/mol. The zero-order chi connectivity index (χ0) is 25.8. The predicted octanol–water partition coefficient (Wildman–Crippen LogP) is 8.55. The fraction of sp³-hybridized carbons (Fsp3) is 0.862. The van der Waals surface area contributed by atoms with Crippen LogP contribution in [-0.2, 0) is 14.0 Å². The molecule has 0 aromatic heterocycles. The molecule has 0 aromatic carbocycles. The van der Waals surface area contributed by atoms with E-state index >= 15 is 0 Å². The van der Waals surface area contributed by atoms with Crippen LogP contribution in [0.25, 0.3) is 0 Å². The van der Waals surface area contributed by atoms with Crippen molar-refractivity contribution in [2.75, 3.05) is 19.6 Å². The van der Waals surface area contributed by atoms with Crippen LogP contribution >= 0.6 is 7.60 Å². The minimum Gasteiger partial charge on any atom is -0.378 e. The fourth-order valence-corrected chi connectivity index (χ4v) is 5.44. The number of allylic oxidation sites excluding steroid dienone is 3. The van der Waals surface area contributed by atoms with Gasteiger partial charge in [0.15, 0.2) is 0 Å². The minimum atomic E-state index is -4.12. The van der Waals surface area contributed by atoms with E-state index in [1.54, 1.807) is 0 Å². The molecule has 0 saturated heterocycles. The first-order valence-corrected chi connectivity index (χ1v) is 16.2. The minimum absolute atomic E-state index is 0.139. The van der Waals surface area contributed by atoms with Crippen molar-refractivity contribution < 1.29 is 23.8 Å². The van der Waals surface area contributed by atoms with Crippen LogP contribution in [0.4, 0.5) is 0 Å². The highest BCUT2D eigenvalue weighted by Crippen LogP contribution is 2.41. The van der Waals surface area contributed by atoms with Crippen LogP contribution in [0.2, 0.25) is 0 Å². The van der Waals surface area contributed by atoms with Crippen molar-refractivity contribution in [1.29, 1.82) is 0 Å². The Balaban J connectivity index is 2.15. The Bertz CT molecular complexity index is 614. The summed E-state index contributed by atoms with van der Waals surface area (Å²) in [5.74, 6) is 0.239. The molecule has 35 heavy (non-hydrogen) atoms. The Morgan fingerprint density at radius 3 is 1.89 bits per heavy atom. The summed E-state index contributed by atoms with van der Waals surface area (Å²) in [5.41, 5.74) is -0.139. The predicted molar refractivity (Wildman–Crippen MR) is 148 cm³/mol. The zero-order valence-electron chi connectivity index (χ0n) is 23.0. The van der Waals surface area contributed by atoms with Crippen molar-refractivity contribution in [2.24, 2.45) is 11.3 Å². The number of unbranched alkanes of at least 4 members (excludes halogenated alkanes) is 13. The van der Waals surface area contributed by atoms with Crippen molar-refractivity contribution in [3.63, 3.8) is 0 Å². The van der Waals surface area contributed by atoms with Crippen molar-refractivity contribution in [3.8, 4) is 0 Å². The Morgan fingerprint density at radius 2 is 1.37 bits per heavy atom. The standard InChI is InChI=1S/C29H55O5P/c1-4-6-7-8-9-10-11-12-13-14-15-16-17-20-24-34-28(5-2)27-21-18-19-22-29(27,3)23-25-33-26-35(30,31)32/h18-19,21-22,27-28H,4-17,20,23-26H2,1-3H3,(H2,30,31,32). The van der Waals surface area contributed by atoms with Crippen molar-refractivity contribution in [3.05, 3.63) is 24.3 Å². The molecule has 0 spiro atoms. The van der Waals surface area contributed by atoms with Gasteiger partial charge in [-0.3, -0.25) is 4.57 Å². The number of rotatable bonds is 23. The Morgan fingerprint density at radius 1 is 0.829 bits per heavy atom. The van der Waals surface area contributed by atoms with Crippen LogP contribution in [0.5, 0.6) is 0 Å². The first-order chi connectivity index (χ1) is 16.8. The third kappa shape index (κ3) is 16.1. The van der Waals surface area contributed by atoms with Gasteiger partial charge < -0.3 is 19.3 Å². The molecule has 5 nitrogen and oxygen atoms in total. The highest BCUT2D eigenvalue weighted by molar-refractivity contribution is 7.51. The van der Waals surface area contributed by atoms with Gasteiger partial charge >= 0.3 is 7.60 Å². The lowest BCUT2D eigenvalue weighted by Crippen LogP contribution is -2.37. The molecular formula is C29H55O5P. The van der Waals surface area contributed by atoms with Crippen LogP contribution < -0.4 is 0 Å². The topological polar surface area (TPSA) is 76.0 Å². The largest absolute Gasteiger partial charge is 0.378 e. The summed E-state index contributed by atoms with van der Waals surface area (Å²) < 4.78 is 22.6. The van der Waals surface area contributed by atoms with Gasteiger partial charge in [0.05, 0.1) is 6.10 Å². The van der Waals surface area contributed by atoms with E-state index in [0.29, 0.717) is 13.0 Å². The quantitative estimate of drug-likeness (QED) is 0.105.